The Morgan fingerprint density at radius 2 is 1.90 bits per heavy atom. The monoisotopic (exact) mass is 355 g/mol. The fourth-order valence-electron chi connectivity index (χ4n) is 2.20. The van der Waals surface area contributed by atoms with Crippen molar-refractivity contribution in [1.29, 1.82) is 0 Å². The van der Waals surface area contributed by atoms with Gasteiger partial charge in [0.2, 0.25) is 0 Å². The lowest BCUT2D eigenvalue weighted by molar-refractivity contribution is 0.413. The maximum Gasteiger partial charge on any atom is 0.131 e. The van der Waals surface area contributed by atoms with Gasteiger partial charge in [0.05, 0.1) is 13.2 Å². The molecule has 2 aromatic carbocycles. The number of methoxy groups -OCH3 is 1. The molecule has 0 saturated heterocycles. The molecule has 0 spiro atoms. The SMILES string of the molecule is CCNC(c1ccc(F)cc1F)c1cc(OC)ccc1Br. The van der Waals surface area contributed by atoms with Crippen LogP contribution in [-0.2, 0) is 0 Å². The minimum Gasteiger partial charge on any atom is -0.497 e. The van der Waals surface area contributed by atoms with E-state index in [1.807, 2.05) is 25.1 Å². The summed E-state index contributed by atoms with van der Waals surface area (Å²) >= 11 is 3.47. The molecule has 0 aliphatic heterocycles. The van der Waals surface area contributed by atoms with Crippen LogP contribution in [0.5, 0.6) is 5.75 Å². The molecule has 0 aliphatic rings. The summed E-state index contributed by atoms with van der Waals surface area (Å²) in [6.45, 7) is 2.58. The van der Waals surface area contributed by atoms with Gasteiger partial charge in [-0.15, -0.1) is 0 Å². The molecule has 0 aromatic heterocycles. The van der Waals surface area contributed by atoms with Crippen LogP contribution in [0.1, 0.15) is 24.1 Å². The van der Waals surface area contributed by atoms with Gasteiger partial charge in [-0.2, -0.15) is 0 Å². The van der Waals surface area contributed by atoms with Crippen LogP contribution < -0.4 is 10.1 Å². The van der Waals surface area contributed by atoms with E-state index >= 15 is 0 Å². The summed E-state index contributed by atoms with van der Waals surface area (Å²) < 4.78 is 33.3. The Morgan fingerprint density at radius 3 is 2.52 bits per heavy atom. The molecule has 2 nitrogen and oxygen atoms in total. The number of hydrogen-bond donors (Lipinski definition) is 1. The number of hydrogen-bond acceptors (Lipinski definition) is 2. The largest absolute Gasteiger partial charge is 0.497 e. The molecule has 0 heterocycles. The number of rotatable bonds is 5. The average molecular weight is 356 g/mol. The van der Waals surface area contributed by atoms with Crippen LogP contribution >= 0.6 is 15.9 Å². The summed E-state index contributed by atoms with van der Waals surface area (Å²) in [7, 11) is 1.58. The molecule has 112 valence electrons. The molecule has 0 amide bonds. The van der Waals surface area contributed by atoms with Gasteiger partial charge in [-0.05, 0) is 36.4 Å². The van der Waals surface area contributed by atoms with Crippen molar-refractivity contribution < 1.29 is 13.5 Å². The van der Waals surface area contributed by atoms with Crippen LogP contribution in [-0.4, -0.2) is 13.7 Å². The first-order valence-corrected chi connectivity index (χ1v) is 7.38. The van der Waals surface area contributed by atoms with E-state index in [9.17, 15) is 8.78 Å². The van der Waals surface area contributed by atoms with E-state index in [0.29, 0.717) is 17.9 Å². The Bertz CT molecular complexity index is 634. The van der Waals surface area contributed by atoms with Crippen LogP contribution in [0, 0.1) is 11.6 Å². The fraction of sp³-hybridized carbons (Fsp3) is 0.250. The van der Waals surface area contributed by atoms with Gasteiger partial charge in [0.15, 0.2) is 0 Å². The second-order valence-electron chi connectivity index (χ2n) is 4.54. The van der Waals surface area contributed by atoms with Crippen molar-refractivity contribution in [2.45, 2.75) is 13.0 Å². The standard InChI is InChI=1S/C16H16BrF2NO/c1-3-20-16(12-6-4-10(18)8-15(12)19)13-9-11(21-2)5-7-14(13)17/h4-9,16,20H,3H2,1-2H3. The quantitative estimate of drug-likeness (QED) is 0.856. The van der Waals surface area contributed by atoms with Crippen molar-refractivity contribution in [3.8, 4) is 5.75 Å². The topological polar surface area (TPSA) is 21.3 Å². The summed E-state index contributed by atoms with van der Waals surface area (Å²) in [5.41, 5.74) is 1.23. The van der Waals surface area contributed by atoms with E-state index in [-0.39, 0.29) is 6.04 Å². The van der Waals surface area contributed by atoms with Gasteiger partial charge >= 0.3 is 0 Å². The molecule has 1 N–H and O–H groups in total. The highest BCUT2D eigenvalue weighted by Crippen LogP contribution is 2.33. The molecule has 0 saturated carbocycles. The van der Waals surface area contributed by atoms with Crippen LogP contribution in [0.15, 0.2) is 40.9 Å². The zero-order chi connectivity index (χ0) is 15.4. The summed E-state index contributed by atoms with van der Waals surface area (Å²) in [5, 5.41) is 3.22. The third-order valence-corrected chi connectivity index (χ3v) is 3.92. The van der Waals surface area contributed by atoms with Crippen LogP contribution in [0.2, 0.25) is 0 Å². The molecule has 2 rings (SSSR count). The first-order valence-electron chi connectivity index (χ1n) is 6.58. The molecule has 2 aromatic rings. The van der Waals surface area contributed by atoms with Crippen LogP contribution in [0.3, 0.4) is 0 Å². The van der Waals surface area contributed by atoms with Crippen molar-refractivity contribution in [1.82, 2.24) is 5.32 Å². The van der Waals surface area contributed by atoms with E-state index in [4.69, 9.17) is 4.74 Å². The van der Waals surface area contributed by atoms with E-state index in [2.05, 4.69) is 21.2 Å². The van der Waals surface area contributed by atoms with Crippen LogP contribution in [0.25, 0.3) is 0 Å². The van der Waals surface area contributed by atoms with Gasteiger partial charge in [-0.1, -0.05) is 28.9 Å². The molecular formula is C16H16BrF2NO. The van der Waals surface area contributed by atoms with Crippen molar-refractivity contribution in [2.24, 2.45) is 0 Å². The Morgan fingerprint density at radius 1 is 1.14 bits per heavy atom. The number of nitrogens with one attached hydrogen (secondary N) is 1. The molecular weight excluding hydrogens is 340 g/mol. The highest BCUT2D eigenvalue weighted by atomic mass is 79.9. The first kappa shape index (κ1) is 15.9. The minimum absolute atomic E-state index is 0.389. The molecule has 0 bridgehead atoms. The third-order valence-electron chi connectivity index (χ3n) is 3.20. The van der Waals surface area contributed by atoms with Gasteiger partial charge < -0.3 is 10.1 Å². The zero-order valence-electron chi connectivity index (χ0n) is 11.8. The summed E-state index contributed by atoms with van der Waals surface area (Å²) in [6.07, 6.45) is 0. The van der Waals surface area contributed by atoms with E-state index in [0.717, 1.165) is 16.1 Å². The van der Waals surface area contributed by atoms with Crippen molar-refractivity contribution in [3.63, 3.8) is 0 Å². The lowest BCUT2D eigenvalue weighted by Crippen LogP contribution is -2.23. The highest BCUT2D eigenvalue weighted by molar-refractivity contribution is 9.10. The fourth-order valence-corrected chi connectivity index (χ4v) is 2.67. The number of halogens is 3. The second-order valence-corrected chi connectivity index (χ2v) is 5.40. The third kappa shape index (κ3) is 3.60. The van der Waals surface area contributed by atoms with Crippen molar-refractivity contribution in [3.05, 3.63) is 63.6 Å². The number of ether oxygens (including phenoxy) is 1. The number of benzene rings is 2. The second kappa shape index (κ2) is 7.00. The van der Waals surface area contributed by atoms with E-state index in [1.54, 1.807) is 7.11 Å². The highest BCUT2D eigenvalue weighted by Gasteiger charge is 2.20. The van der Waals surface area contributed by atoms with Gasteiger partial charge in [-0.3, -0.25) is 0 Å². The Balaban J connectivity index is 2.52. The lowest BCUT2D eigenvalue weighted by Gasteiger charge is -2.21. The average Bonchev–Trinajstić information content (AvgIpc) is 2.46. The summed E-state index contributed by atoms with van der Waals surface area (Å²) in [5.74, 6) is -0.481. The molecule has 0 aliphatic carbocycles. The first-order chi connectivity index (χ1) is 10.1. The van der Waals surface area contributed by atoms with Crippen LogP contribution in [0.4, 0.5) is 8.78 Å². The van der Waals surface area contributed by atoms with Gasteiger partial charge in [-0.25, -0.2) is 8.78 Å². The molecule has 0 fully saturated rings. The molecule has 1 atom stereocenters. The summed E-state index contributed by atoms with van der Waals surface area (Å²) in [6, 6.07) is 8.73. The smallest absolute Gasteiger partial charge is 0.131 e. The summed E-state index contributed by atoms with van der Waals surface area (Å²) in [4.78, 5) is 0. The Hall–Kier alpha value is -1.46. The van der Waals surface area contributed by atoms with Crippen molar-refractivity contribution >= 4 is 15.9 Å². The predicted octanol–water partition coefficient (Wildman–Crippen LogP) is 4.43. The normalized spacial score (nSPS) is 12.2. The van der Waals surface area contributed by atoms with Gasteiger partial charge in [0.25, 0.3) is 0 Å². The van der Waals surface area contributed by atoms with Gasteiger partial charge in [0, 0.05) is 16.1 Å². The van der Waals surface area contributed by atoms with E-state index in [1.165, 1.54) is 12.1 Å². The van der Waals surface area contributed by atoms with Gasteiger partial charge in [0.1, 0.15) is 17.4 Å². The lowest BCUT2D eigenvalue weighted by atomic mass is 9.97. The molecule has 5 heteroatoms. The predicted molar refractivity (Wildman–Crippen MR) is 82.6 cm³/mol. The molecule has 1 unspecified atom stereocenters. The minimum atomic E-state index is -0.587. The van der Waals surface area contributed by atoms with E-state index < -0.39 is 11.6 Å². The maximum atomic E-state index is 14.1. The zero-order valence-corrected chi connectivity index (χ0v) is 13.4. The Labute approximate surface area is 131 Å². The van der Waals surface area contributed by atoms with Crippen molar-refractivity contribution in [2.75, 3.05) is 13.7 Å². The maximum absolute atomic E-state index is 14.1. The molecule has 0 radical (unpaired) electrons. The molecule has 21 heavy (non-hydrogen) atoms. The Kier molecular flexibility index (Phi) is 5.31.